The number of rotatable bonds is 6. The Balaban J connectivity index is 1.95. The molecule has 7 heteroatoms. The molecule has 1 saturated carbocycles. The first-order valence-corrected chi connectivity index (χ1v) is 9.82. The van der Waals surface area contributed by atoms with E-state index in [-0.39, 0.29) is 24.1 Å². The minimum Gasteiger partial charge on any atom is -0.391 e. The number of aromatic nitrogens is 1. The number of carbonyl (C=O) groups excluding carboxylic acids is 1. The highest BCUT2D eigenvalue weighted by Crippen LogP contribution is 2.30. The van der Waals surface area contributed by atoms with Gasteiger partial charge in [0.05, 0.1) is 35.6 Å². The number of allylic oxidation sites excluding steroid dienone is 1. The molecule has 0 bridgehead atoms. The summed E-state index contributed by atoms with van der Waals surface area (Å²) in [6.07, 6.45) is 4.35. The van der Waals surface area contributed by atoms with Crippen LogP contribution in [0.25, 0.3) is 5.57 Å². The second-order valence-corrected chi connectivity index (χ2v) is 7.57. The van der Waals surface area contributed by atoms with Gasteiger partial charge in [-0.25, -0.2) is 8.78 Å². The summed E-state index contributed by atoms with van der Waals surface area (Å²) in [6, 6.07) is 3.74. The van der Waals surface area contributed by atoms with Gasteiger partial charge in [-0.15, -0.1) is 0 Å². The van der Waals surface area contributed by atoms with E-state index >= 15 is 0 Å². The zero-order chi connectivity index (χ0) is 21.1. The lowest BCUT2D eigenvalue weighted by Crippen LogP contribution is -2.45. The number of benzene rings is 1. The normalized spacial score (nSPS) is 19.1. The molecule has 3 rings (SSSR count). The number of aliphatic hydroxyl groups is 1. The predicted octanol–water partition coefficient (Wildman–Crippen LogP) is 3.92. The van der Waals surface area contributed by atoms with E-state index in [1.54, 1.807) is 24.7 Å². The molecule has 0 aliphatic heterocycles. The van der Waals surface area contributed by atoms with Crippen LogP contribution in [0.1, 0.15) is 54.2 Å². The molecular weight excluding hydrogens is 376 g/mol. The quantitative estimate of drug-likeness (QED) is 0.685. The third-order valence-electron chi connectivity index (χ3n) is 5.40. The smallest absolute Gasteiger partial charge is 0.255 e. The number of carbonyl (C=O) groups is 1. The molecule has 5 nitrogen and oxygen atoms in total. The summed E-state index contributed by atoms with van der Waals surface area (Å²) < 4.78 is 29.5. The van der Waals surface area contributed by atoms with Crippen molar-refractivity contribution in [3.63, 3.8) is 0 Å². The Bertz CT molecular complexity index is 923. The predicted molar refractivity (Wildman–Crippen MR) is 110 cm³/mol. The maximum atomic E-state index is 14.2. The number of nitrogens with zero attached hydrogens (tertiary/aromatic N) is 1. The molecule has 3 N–H and O–H groups in total. The number of amides is 1. The van der Waals surface area contributed by atoms with E-state index in [2.05, 4.69) is 17.2 Å². The highest BCUT2D eigenvalue weighted by Gasteiger charge is 2.28. The third-order valence-corrected chi connectivity index (χ3v) is 5.40. The van der Waals surface area contributed by atoms with Gasteiger partial charge in [-0.05, 0) is 31.4 Å². The zero-order valence-corrected chi connectivity index (χ0v) is 16.8. The molecule has 1 heterocycles. The topological polar surface area (TPSA) is 66.3 Å². The second kappa shape index (κ2) is 8.78. The van der Waals surface area contributed by atoms with Crippen LogP contribution in [0, 0.1) is 11.6 Å². The molecule has 1 amide bonds. The van der Waals surface area contributed by atoms with Crippen molar-refractivity contribution in [2.45, 2.75) is 51.3 Å². The molecular formula is C22H27F2N3O2. The standard InChI is InChI=1S/C22H27F2N3O2/c1-13(2)21-20(25-3)15(22(29)26-17-9-4-5-10-18(17)28)12-27(21)11-14-7-6-8-16(23)19(14)24/h6-8,12,17-18,25,28H,1,4-5,9-11H2,2-3H3,(H,26,29). The van der Waals surface area contributed by atoms with Crippen molar-refractivity contribution in [3.05, 3.63) is 59.4 Å². The van der Waals surface area contributed by atoms with Gasteiger partial charge < -0.3 is 20.3 Å². The molecule has 1 aliphatic carbocycles. The summed E-state index contributed by atoms with van der Waals surface area (Å²) in [7, 11) is 1.70. The van der Waals surface area contributed by atoms with E-state index in [9.17, 15) is 18.7 Å². The summed E-state index contributed by atoms with van der Waals surface area (Å²) in [4.78, 5) is 13.0. The largest absolute Gasteiger partial charge is 0.391 e. The van der Waals surface area contributed by atoms with Gasteiger partial charge in [-0.3, -0.25) is 4.79 Å². The van der Waals surface area contributed by atoms with E-state index in [1.807, 2.05) is 0 Å². The summed E-state index contributed by atoms with van der Waals surface area (Å²) in [5.74, 6) is -2.14. The average Bonchev–Trinajstić information content (AvgIpc) is 3.06. The molecule has 2 aromatic rings. The Labute approximate surface area is 169 Å². The van der Waals surface area contributed by atoms with Crippen LogP contribution in [0.3, 0.4) is 0 Å². The number of hydrogen-bond acceptors (Lipinski definition) is 3. The lowest BCUT2D eigenvalue weighted by Gasteiger charge is -2.28. The lowest BCUT2D eigenvalue weighted by atomic mass is 9.92. The number of nitrogens with one attached hydrogen (secondary N) is 2. The van der Waals surface area contributed by atoms with Crippen molar-refractivity contribution in [3.8, 4) is 0 Å². The van der Waals surface area contributed by atoms with Crippen molar-refractivity contribution in [1.82, 2.24) is 9.88 Å². The van der Waals surface area contributed by atoms with E-state index in [1.165, 1.54) is 12.1 Å². The van der Waals surface area contributed by atoms with Crippen molar-refractivity contribution in [2.75, 3.05) is 12.4 Å². The zero-order valence-electron chi connectivity index (χ0n) is 16.8. The number of hydrogen-bond donors (Lipinski definition) is 3. The third kappa shape index (κ3) is 4.34. The second-order valence-electron chi connectivity index (χ2n) is 7.57. The molecule has 0 saturated heterocycles. The van der Waals surface area contributed by atoms with E-state index in [0.717, 1.165) is 25.3 Å². The van der Waals surface area contributed by atoms with E-state index in [4.69, 9.17) is 0 Å². The van der Waals surface area contributed by atoms with Gasteiger partial charge in [0.1, 0.15) is 0 Å². The Morgan fingerprint density at radius 1 is 1.31 bits per heavy atom. The Hall–Kier alpha value is -2.67. The van der Waals surface area contributed by atoms with Gasteiger partial charge in [-0.2, -0.15) is 0 Å². The first-order valence-electron chi connectivity index (χ1n) is 9.82. The van der Waals surface area contributed by atoms with Crippen molar-refractivity contribution in [1.29, 1.82) is 0 Å². The van der Waals surface area contributed by atoms with Gasteiger partial charge in [0.2, 0.25) is 0 Å². The Morgan fingerprint density at radius 3 is 2.69 bits per heavy atom. The molecule has 1 aromatic carbocycles. The van der Waals surface area contributed by atoms with Crippen molar-refractivity contribution >= 4 is 17.2 Å². The minimum absolute atomic E-state index is 0.0554. The van der Waals surface area contributed by atoms with Gasteiger partial charge >= 0.3 is 0 Å². The maximum Gasteiger partial charge on any atom is 0.255 e. The monoisotopic (exact) mass is 403 g/mol. The fourth-order valence-corrected chi connectivity index (χ4v) is 3.94. The molecule has 0 spiro atoms. The summed E-state index contributed by atoms with van der Waals surface area (Å²) >= 11 is 0. The van der Waals surface area contributed by atoms with Crippen LogP contribution >= 0.6 is 0 Å². The van der Waals surface area contributed by atoms with E-state index in [0.29, 0.717) is 28.9 Å². The van der Waals surface area contributed by atoms with Crippen LogP contribution in [0.5, 0.6) is 0 Å². The van der Waals surface area contributed by atoms with Crippen molar-refractivity contribution < 1.29 is 18.7 Å². The van der Waals surface area contributed by atoms with Crippen LogP contribution in [0.2, 0.25) is 0 Å². The summed E-state index contributed by atoms with van der Waals surface area (Å²) in [6.45, 7) is 5.82. The first-order chi connectivity index (χ1) is 13.8. The van der Waals surface area contributed by atoms with E-state index < -0.39 is 17.7 Å². The molecule has 29 heavy (non-hydrogen) atoms. The Kier molecular flexibility index (Phi) is 6.37. The van der Waals surface area contributed by atoms with Crippen LogP contribution < -0.4 is 10.6 Å². The van der Waals surface area contributed by atoms with Crippen LogP contribution in [0.4, 0.5) is 14.5 Å². The fraction of sp³-hybridized carbons (Fsp3) is 0.409. The van der Waals surface area contributed by atoms with Gasteiger partial charge in [0.15, 0.2) is 11.6 Å². The van der Waals surface area contributed by atoms with Crippen molar-refractivity contribution in [2.24, 2.45) is 0 Å². The van der Waals surface area contributed by atoms with Crippen LogP contribution in [0.15, 0.2) is 31.0 Å². The molecule has 1 fully saturated rings. The minimum atomic E-state index is -0.912. The van der Waals surface area contributed by atoms with Crippen LogP contribution in [-0.4, -0.2) is 34.8 Å². The highest BCUT2D eigenvalue weighted by atomic mass is 19.2. The maximum absolute atomic E-state index is 14.2. The summed E-state index contributed by atoms with van der Waals surface area (Å²) in [5, 5.41) is 16.1. The van der Waals surface area contributed by atoms with Gasteiger partial charge in [-0.1, -0.05) is 31.6 Å². The molecule has 1 aromatic heterocycles. The lowest BCUT2D eigenvalue weighted by molar-refractivity contribution is 0.0718. The molecule has 2 unspecified atom stereocenters. The SMILES string of the molecule is C=C(C)c1c(NC)c(C(=O)NC2CCCCC2O)cn1Cc1cccc(F)c1F. The average molecular weight is 403 g/mol. The molecule has 0 radical (unpaired) electrons. The summed E-state index contributed by atoms with van der Waals surface area (Å²) in [5.41, 5.74) is 2.45. The van der Waals surface area contributed by atoms with Gasteiger partial charge in [0, 0.05) is 18.8 Å². The number of anilines is 1. The molecule has 2 atom stereocenters. The van der Waals surface area contributed by atoms with Gasteiger partial charge in [0.25, 0.3) is 5.91 Å². The fourth-order valence-electron chi connectivity index (χ4n) is 3.94. The Morgan fingerprint density at radius 2 is 2.03 bits per heavy atom. The molecule has 1 aliphatic rings. The highest BCUT2D eigenvalue weighted by molar-refractivity contribution is 6.02. The molecule has 156 valence electrons. The van der Waals surface area contributed by atoms with Crippen LogP contribution in [-0.2, 0) is 6.54 Å². The number of aliphatic hydroxyl groups excluding tert-OH is 1. The number of halogens is 2. The first kappa shape index (κ1) is 21.0.